The zero-order valence-corrected chi connectivity index (χ0v) is 15.5. The molecule has 0 amide bonds. The first-order valence-corrected chi connectivity index (χ1v) is 8.64. The van der Waals surface area contributed by atoms with Gasteiger partial charge in [-0.25, -0.2) is 4.79 Å². The van der Waals surface area contributed by atoms with E-state index in [4.69, 9.17) is 4.74 Å². The Morgan fingerprint density at radius 2 is 1.92 bits per heavy atom. The van der Waals surface area contributed by atoms with Crippen LogP contribution >= 0.6 is 0 Å². The molecule has 2 N–H and O–H groups in total. The van der Waals surface area contributed by atoms with Crippen molar-refractivity contribution in [1.29, 1.82) is 0 Å². The number of hydrazone groups is 1. The van der Waals surface area contributed by atoms with E-state index >= 15 is 0 Å². The van der Waals surface area contributed by atoms with Crippen molar-refractivity contribution in [2.75, 3.05) is 25.6 Å². The predicted molar refractivity (Wildman–Crippen MR) is 99.5 cm³/mol. The van der Waals surface area contributed by atoms with Gasteiger partial charge in [-0.15, -0.1) is 0 Å². The summed E-state index contributed by atoms with van der Waals surface area (Å²) in [6, 6.07) is 8.02. The SMILES string of the molecule is CCOC(=O)C1=C(C)[C@@H]2C(C)=NN[C@@H]2N[C@H]1c1ccc(N(C)C)cc1. The summed E-state index contributed by atoms with van der Waals surface area (Å²) in [5.74, 6) is -0.177. The first kappa shape index (κ1) is 17.5. The summed E-state index contributed by atoms with van der Waals surface area (Å²) >= 11 is 0. The van der Waals surface area contributed by atoms with Gasteiger partial charge in [0.1, 0.15) is 6.17 Å². The molecule has 1 aromatic carbocycles. The summed E-state index contributed by atoms with van der Waals surface area (Å²) in [6.07, 6.45) is -0.00305. The fourth-order valence-electron chi connectivity index (χ4n) is 3.63. The molecule has 0 bridgehead atoms. The molecule has 0 spiro atoms. The summed E-state index contributed by atoms with van der Waals surface area (Å²) < 4.78 is 5.34. The van der Waals surface area contributed by atoms with Crippen LogP contribution in [-0.4, -0.2) is 38.5 Å². The molecule has 3 rings (SSSR count). The molecule has 6 heteroatoms. The third kappa shape index (κ3) is 3.14. The Morgan fingerprint density at radius 1 is 1.24 bits per heavy atom. The molecule has 25 heavy (non-hydrogen) atoms. The number of nitrogens with one attached hydrogen (secondary N) is 2. The molecule has 0 unspecified atom stereocenters. The maximum Gasteiger partial charge on any atom is 0.335 e. The van der Waals surface area contributed by atoms with Crippen molar-refractivity contribution in [3.05, 3.63) is 41.0 Å². The molecular weight excluding hydrogens is 316 g/mol. The Balaban J connectivity index is 2.02. The average molecular weight is 342 g/mol. The second-order valence-corrected chi connectivity index (χ2v) is 6.74. The third-order valence-electron chi connectivity index (χ3n) is 4.93. The van der Waals surface area contributed by atoms with Crippen LogP contribution in [0.1, 0.15) is 32.4 Å². The topological polar surface area (TPSA) is 66.0 Å². The van der Waals surface area contributed by atoms with Gasteiger partial charge < -0.3 is 9.64 Å². The van der Waals surface area contributed by atoms with Crippen molar-refractivity contribution in [3.63, 3.8) is 0 Å². The Kier molecular flexibility index (Phi) is 4.81. The summed E-state index contributed by atoms with van der Waals surface area (Å²) in [5.41, 5.74) is 8.00. The molecule has 0 fully saturated rings. The lowest BCUT2D eigenvalue weighted by molar-refractivity contribution is -0.139. The van der Waals surface area contributed by atoms with E-state index in [2.05, 4.69) is 45.0 Å². The fourth-order valence-corrected chi connectivity index (χ4v) is 3.63. The van der Waals surface area contributed by atoms with E-state index in [1.165, 1.54) is 0 Å². The number of esters is 1. The van der Waals surface area contributed by atoms with Gasteiger partial charge in [0, 0.05) is 25.5 Å². The zero-order valence-electron chi connectivity index (χ0n) is 15.5. The van der Waals surface area contributed by atoms with E-state index in [-0.39, 0.29) is 24.1 Å². The smallest absolute Gasteiger partial charge is 0.335 e. The van der Waals surface area contributed by atoms with E-state index in [1.54, 1.807) is 0 Å². The van der Waals surface area contributed by atoms with E-state index in [9.17, 15) is 4.79 Å². The number of fused-ring (bicyclic) bond motifs is 1. The maximum atomic E-state index is 12.7. The first-order valence-electron chi connectivity index (χ1n) is 8.64. The van der Waals surface area contributed by atoms with Crippen molar-refractivity contribution in [3.8, 4) is 0 Å². The van der Waals surface area contributed by atoms with Crippen LogP contribution in [-0.2, 0) is 9.53 Å². The van der Waals surface area contributed by atoms with E-state index in [0.717, 1.165) is 22.5 Å². The van der Waals surface area contributed by atoms with E-state index in [0.29, 0.717) is 12.2 Å². The van der Waals surface area contributed by atoms with Gasteiger partial charge >= 0.3 is 5.97 Å². The molecule has 3 atom stereocenters. The standard InChI is InChI=1S/C19H26N4O2/c1-6-25-19(24)16-11(2)15-12(3)21-22-18(15)20-17(16)13-7-9-14(10-8-13)23(4)5/h7-10,15,17-18,20,22H,6H2,1-5H3/t15-,17+,18+/m1/s1. The van der Waals surface area contributed by atoms with Crippen LogP contribution in [0.4, 0.5) is 5.69 Å². The molecule has 0 saturated heterocycles. The van der Waals surface area contributed by atoms with Gasteiger partial charge in [-0.05, 0) is 44.0 Å². The van der Waals surface area contributed by atoms with E-state index < -0.39 is 0 Å². The molecule has 1 aromatic rings. The first-order chi connectivity index (χ1) is 11.9. The van der Waals surface area contributed by atoms with Crippen LogP contribution in [0.25, 0.3) is 0 Å². The summed E-state index contributed by atoms with van der Waals surface area (Å²) in [6.45, 7) is 6.19. The quantitative estimate of drug-likeness (QED) is 0.821. The lowest BCUT2D eigenvalue weighted by Gasteiger charge is -2.36. The van der Waals surface area contributed by atoms with Crippen LogP contribution < -0.4 is 15.6 Å². The predicted octanol–water partition coefficient (Wildman–Crippen LogP) is 2.20. The van der Waals surface area contributed by atoms with Crippen LogP contribution in [0.5, 0.6) is 0 Å². The number of anilines is 1. The Labute approximate surface area is 148 Å². The highest BCUT2D eigenvalue weighted by atomic mass is 16.5. The molecule has 2 aliphatic heterocycles. The number of benzene rings is 1. The lowest BCUT2D eigenvalue weighted by Crippen LogP contribution is -2.50. The molecule has 2 aliphatic rings. The largest absolute Gasteiger partial charge is 0.463 e. The highest BCUT2D eigenvalue weighted by Crippen LogP contribution is 2.37. The number of carbonyl (C=O) groups is 1. The highest BCUT2D eigenvalue weighted by Gasteiger charge is 2.42. The zero-order chi connectivity index (χ0) is 18.1. The number of hydrogen-bond acceptors (Lipinski definition) is 6. The third-order valence-corrected chi connectivity index (χ3v) is 4.93. The highest BCUT2D eigenvalue weighted by molar-refractivity contribution is 5.96. The number of rotatable bonds is 4. The van der Waals surface area contributed by atoms with Crippen molar-refractivity contribution in [1.82, 2.24) is 10.7 Å². The second-order valence-electron chi connectivity index (χ2n) is 6.74. The second kappa shape index (κ2) is 6.88. The van der Waals surface area contributed by atoms with Crippen LogP contribution in [0.2, 0.25) is 0 Å². The fraction of sp³-hybridized carbons (Fsp3) is 0.474. The minimum atomic E-state index is -0.257. The number of nitrogens with zero attached hydrogens (tertiary/aromatic N) is 2. The van der Waals surface area contributed by atoms with Crippen molar-refractivity contribution >= 4 is 17.4 Å². The van der Waals surface area contributed by atoms with Crippen molar-refractivity contribution in [2.45, 2.75) is 33.0 Å². The lowest BCUT2D eigenvalue weighted by atomic mass is 9.81. The van der Waals surface area contributed by atoms with Gasteiger partial charge in [-0.1, -0.05) is 12.1 Å². The Morgan fingerprint density at radius 3 is 2.52 bits per heavy atom. The molecule has 2 heterocycles. The molecule has 0 radical (unpaired) electrons. The number of ether oxygens (including phenoxy) is 1. The van der Waals surface area contributed by atoms with Crippen molar-refractivity contribution in [2.24, 2.45) is 11.0 Å². The minimum Gasteiger partial charge on any atom is -0.463 e. The van der Waals surface area contributed by atoms with Gasteiger partial charge in [-0.3, -0.25) is 10.7 Å². The Bertz CT molecular complexity index is 721. The summed E-state index contributed by atoms with van der Waals surface area (Å²) in [5, 5.41) is 7.88. The molecule has 134 valence electrons. The van der Waals surface area contributed by atoms with Gasteiger partial charge in [0.05, 0.1) is 24.1 Å². The van der Waals surface area contributed by atoms with Crippen LogP contribution in [0.15, 0.2) is 40.5 Å². The van der Waals surface area contributed by atoms with Gasteiger partial charge in [0.25, 0.3) is 0 Å². The normalized spacial score (nSPS) is 25.2. The van der Waals surface area contributed by atoms with Gasteiger partial charge in [0.15, 0.2) is 0 Å². The molecule has 0 saturated carbocycles. The van der Waals surface area contributed by atoms with Crippen LogP contribution in [0.3, 0.4) is 0 Å². The van der Waals surface area contributed by atoms with Crippen molar-refractivity contribution < 1.29 is 9.53 Å². The maximum absolute atomic E-state index is 12.7. The minimum absolute atomic E-state index is 0.00305. The van der Waals surface area contributed by atoms with E-state index in [1.807, 2.05) is 34.9 Å². The van der Waals surface area contributed by atoms with Gasteiger partial charge in [-0.2, -0.15) is 5.10 Å². The molecule has 6 nitrogen and oxygen atoms in total. The van der Waals surface area contributed by atoms with Crippen LogP contribution in [0, 0.1) is 5.92 Å². The average Bonchev–Trinajstić information content (AvgIpc) is 2.96. The monoisotopic (exact) mass is 342 g/mol. The van der Waals surface area contributed by atoms with Gasteiger partial charge in [0.2, 0.25) is 0 Å². The molecular formula is C19H26N4O2. The summed E-state index contributed by atoms with van der Waals surface area (Å²) in [4.78, 5) is 14.7. The number of hydrogen-bond donors (Lipinski definition) is 2. The Hall–Kier alpha value is -2.34. The molecule has 0 aromatic heterocycles. The summed E-state index contributed by atoms with van der Waals surface area (Å²) in [7, 11) is 4.02. The molecule has 0 aliphatic carbocycles. The number of carbonyl (C=O) groups excluding carboxylic acids is 1.